The van der Waals surface area contributed by atoms with Crippen molar-refractivity contribution in [2.24, 2.45) is 0 Å². The van der Waals surface area contributed by atoms with Gasteiger partial charge < -0.3 is 0 Å². The molecule has 0 aromatic heterocycles. The van der Waals surface area contributed by atoms with Gasteiger partial charge in [0.25, 0.3) is 5.92 Å². The highest BCUT2D eigenvalue weighted by atomic mass is 79.9. The highest BCUT2D eigenvalue weighted by Crippen LogP contribution is 2.33. The van der Waals surface area contributed by atoms with Crippen molar-refractivity contribution >= 4 is 15.9 Å². The van der Waals surface area contributed by atoms with Gasteiger partial charge in [0.05, 0.1) is 0 Å². The number of benzene rings is 1. The summed E-state index contributed by atoms with van der Waals surface area (Å²) in [5.41, 5.74) is 1.85. The number of fused-ring (bicyclic) bond motifs is 1. The van der Waals surface area contributed by atoms with Crippen LogP contribution < -0.4 is 0 Å². The van der Waals surface area contributed by atoms with E-state index >= 15 is 0 Å². The second kappa shape index (κ2) is 3.05. The average molecular weight is 247 g/mol. The molecule has 3 heteroatoms. The van der Waals surface area contributed by atoms with Crippen molar-refractivity contribution in [3.63, 3.8) is 0 Å². The third-order valence-corrected chi connectivity index (χ3v) is 2.87. The van der Waals surface area contributed by atoms with Crippen LogP contribution in [0.25, 0.3) is 0 Å². The lowest BCUT2D eigenvalue weighted by Gasteiger charge is -2.24. The normalized spacial score (nSPS) is 19.6. The first-order valence-corrected chi connectivity index (χ1v) is 5.01. The summed E-state index contributed by atoms with van der Waals surface area (Å²) in [5, 5.41) is 0. The van der Waals surface area contributed by atoms with E-state index in [1.54, 1.807) is 6.07 Å². The van der Waals surface area contributed by atoms with Crippen LogP contribution in [0.15, 0.2) is 22.7 Å². The lowest BCUT2D eigenvalue weighted by Crippen LogP contribution is -2.25. The first-order chi connectivity index (χ1) is 6.07. The number of hydrogen-bond acceptors (Lipinski definition) is 0. The predicted octanol–water partition coefficient (Wildman–Crippen LogP) is 3.57. The fraction of sp³-hybridized carbons (Fsp3) is 0.400. The Bertz CT molecular complexity index is 334. The monoisotopic (exact) mass is 246 g/mol. The summed E-state index contributed by atoms with van der Waals surface area (Å²) in [6.45, 7) is 0. The second-order valence-corrected chi connectivity index (χ2v) is 4.36. The molecule has 0 spiro atoms. The van der Waals surface area contributed by atoms with E-state index in [4.69, 9.17) is 0 Å². The molecule has 2 rings (SSSR count). The molecule has 0 saturated carbocycles. The maximum Gasteiger partial charge on any atom is 0.252 e. The molecule has 70 valence electrons. The van der Waals surface area contributed by atoms with Gasteiger partial charge >= 0.3 is 0 Å². The summed E-state index contributed by atoms with van der Waals surface area (Å²) in [6, 6.07) is 5.62. The zero-order valence-corrected chi connectivity index (χ0v) is 8.57. The molecule has 0 unspecified atom stereocenters. The molecule has 13 heavy (non-hydrogen) atoms. The highest BCUT2D eigenvalue weighted by Gasteiger charge is 2.33. The molecule has 0 saturated heterocycles. The Morgan fingerprint density at radius 1 is 1.23 bits per heavy atom. The van der Waals surface area contributed by atoms with E-state index < -0.39 is 5.92 Å². The molecule has 0 fully saturated rings. The number of hydrogen-bond donors (Lipinski definition) is 0. The highest BCUT2D eigenvalue weighted by molar-refractivity contribution is 9.10. The van der Waals surface area contributed by atoms with Gasteiger partial charge in [-0.2, -0.15) is 0 Å². The lowest BCUT2D eigenvalue weighted by atomic mass is 9.89. The Hall–Kier alpha value is -0.440. The standard InChI is InChI=1S/C10H9BrF2/c11-9-2-1-7-3-4-10(12,13)6-8(7)5-9/h1-2,5H,3-4,6H2. The SMILES string of the molecule is FC1(F)CCc2ccc(Br)cc2C1. The van der Waals surface area contributed by atoms with Gasteiger partial charge in [-0.05, 0) is 29.7 Å². The van der Waals surface area contributed by atoms with Crippen LogP contribution in [0.3, 0.4) is 0 Å². The molecular weight excluding hydrogens is 238 g/mol. The molecule has 0 radical (unpaired) electrons. The van der Waals surface area contributed by atoms with Gasteiger partial charge in [-0.3, -0.25) is 0 Å². The van der Waals surface area contributed by atoms with Gasteiger partial charge in [-0.25, -0.2) is 8.78 Å². The van der Waals surface area contributed by atoms with E-state index in [2.05, 4.69) is 15.9 Å². The van der Waals surface area contributed by atoms with Crippen LogP contribution in [-0.4, -0.2) is 5.92 Å². The fourth-order valence-electron chi connectivity index (χ4n) is 1.69. The van der Waals surface area contributed by atoms with Gasteiger partial charge in [0.2, 0.25) is 0 Å². The second-order valence-electron chi connectivity index (χ2n) is 3.45. The summed E-state index contributed by atoms with van der Waals surface area (Å²) in [4.78, 5) is 0. The van der Waals surface area contributed by atoms with Crippen molar-refractivity contribution in [2.75, 3.05) is 0 Å². The zero-order valence-electron chi connectivity index (χ0n) is 6.99. The van der Waals surface area contributed by atoms with E-state index in [0.717, 1.165) is 15.6 Å². The van der Waals surface area contributed by atoms with Crippen molar-refractivity contribution in [2.45, 2.75) is 25.2 Å². The summed E-state index contributed by atoms with van der Waals surface area (Å²) >= 11 is 3.28. The Kier molecular flexibility index (Phi) is 2.14. The Balaban J connectivity index is 2.38. The molecule has 0 N–H and O–H groups in total. The number of halogens is 3. The van der Waals surface area contributed by atoms with Crippen LogP contribution in [0.2, 0.25) is 0 Å². The number of aryl methyl sites for hydroxylation is 1. The predicted molar refractivity (Wildman–Crippen MR) is 51.1 cm³/mol. The molecule has 0 nitrogen and oxygen atoms in total. The summed E-state index contributed by atoms with van der Waals surface area (Å²) in [7, 11) is 0. The van der Waals surface area contributed by atoms with E-state index in [9.17, 15) is 8.78 Å². The average Bonchev–Trinajstić information content (AvgIpc) is 2.01. The first-order valence-electron chi connectivity index (χ1n) is 4.22. The van der Waals surface area contributed by atoms with Crippen LogP contribution in [0.1, 0.15) is 17.5 Å². The molecule has 0 aliphatic heterocycles. The molecule has 0 heterocycles. The molecule has 0 bridgehead atoms. The Morgan fingerprint density at radius 3 is 2.77 bits per heavy atom. The van der Waals surface area contributed by atoms with E-state index in [1.165, 1.54) is 0 Å². The first kappa shape index (κ1) is 9.13. The van der Waals surface area contributed by atoms with Crippen LogP contribution in [0, 0.1) is 0 Å². The Labute approximate surface area is 84.1 Å². The van der Waals surface area contributed by atoms with Crippen molar-refractivity contribution in [1.29, 1.82) is 0 Å². The van der Waals surface area contributed by atoms with Gasteiger partial charge in [0, 0.05) is 17.3 Å². The topological polar surface area (TPSA) is 0 Å². The van der Waals surface area contributed by atoms with E-state index in [0.29, 0.717) is 6.42 Å². The van der Waals surface area contributed by atoms with Gasteiger partial charge in [-0.1, -0.05) is 22.0 Å². The van der Waals surface area contributed by atoms with Gasteiger partial charge in [0.1, 0.15) is 0 Å². The molecule has 1 aromatic rings. The van der Waals surface area contributed by atoms with Crippen molar-refractivity contribution in [3.8, 4) is 0 Å². The molecule has 0 amide bonds. The quantitative estimate of drug-likeness (QED) is 0.657. The molecule has 1 aromatic carbocycles. The molecule has 1 aliphatic rings. The number of alkyl halides is 2. The maximum absolute atomic E-state index is 13.0. The van der Waals surface area contributed by atoms with Crippen molar-refractivity contribution < 1.29 is 8.78 Å². The van der Waals surface area contributed by atoms with Crippen LogP contribution in [0.5, 0.6) is 0 Å². The minimum atomic E-state index is -2.51. The van der Waals surface area contributed by atoms with Gasteiger partial charge in [0.15, 0.2) is 0 Å². The minimum Gasteiger partial charge on any atom is -0.207 e. The summed E-state index contributed by atoms with van der Waals surface area (Å²) in [6.07, 6.45) is 0.374. The van der Waals surface area contributed by atoms with Crippen molar-refractivity contribution in [3.05, 3.63) is 33.8 Å². The summed E-state index contributed by atoms with van der Waals surface area (Å²) in [5.74, 6) is -2.51. The molecule has 1 aliphatic carbocycles. The largest absolute Gasteiger partial charge is 0.252 e. The molecular formula is C10H9BrF2. The smallest absolute Gasteiger partial charge is 0.207 e. The van der Waals surface area contributed by atoms with Crippen LogP contribution >= 0.6 is 15.9 Å². The molecule has 0 atom stereocenters. The third kappa shape index (κ3) is 1.90. The third-order valence-electron chi connectivity index (χ3n) is 2.38. The summed E-state index contributed by atoms with van der Waals surface area (Å²) < 4.78 is 26.9. The maximum atomic E-state index is 13.0. The van der Waals surface area contributed by atoms with E-state index in [1.807, 2.05) is 12.1 Å². The van der Waals surface area contributed by atoms with Gasteiger partial charge in [-0.15, -0.1) is 0 Å². The van der Waals surface area contributed by atoms with Crippen LogP contribution in [-0.2, 0) is 12.8 Å². The van der Waals surface area contributed by atoms with E-state index in [-0.39, 0.29) is 12.8 Å². The fourth-order valence-corrected chi connectivity index (χ4v) is 2.10. The minimum absolute atomic E-state index is 0.0123. The van der Waals surface area contributed by atoms with Crippen LogP contribution in [0.4, 0.5) is 8.78 Å². The Morgan fingerprint density at radius 2 is 2.00 bits per heavy atom. The zero-order chi connectivity index (χ0) is 9.47. The van der Waals surface area contributed by atoms with Crippen molar-refractivity contribution in [1.82, 2.24) is 0 Å². The lowest BCUT2D eigenvalue weighted by molar-refractivity contribution is -0.0122. The number of rotatable bonds is 0.